The summed E-state index contributed by atoms with van der Waals surface area (Å²) in [6, 6.07) is 19.1. The summed E-state index contributed by atoms with van der Waals surface area (Å²) in [4.78, 5) is 28.2. The Bertz CT molecular complexity index is 999. The van der Waals surface area contributed by atoms with Gasteiger partial charge in [-0.25, -0.2) is 0 Å². The number of carbonyl (C=O) groups excluding carboxylic acids is 2. The van der Waals surface area contributed by atoms with Gasteiger partial charge in [0.05, 0.1) is 7.11 Å². The minimum Gasteiger partial charge on any atom is -0.497 e. The molecule has 2 amide bonds. The van der Waals surface area contributed by atoms with Gasteiger partial charge in [-0.15, -0.1) is 11.8 Å². The summed E-state index contributed by atoms with van der Waals surface area (Å²) >= 11 is 1.75. The summed E-state index contributed by atoms with van der Waals surface area (Å²) in [5.41, 5.74) is 1.21. The van der Waals surface area contributed by atoms with Crippen LogP contribution in [0.2, 0.25) is 0 Å². The van der Waals surface area contributed by atoms with Crippen LogP contribution in [-0.4, -0.2) is 49.2 Å². The van der Waals surface area contributed by atoms with Crippen LogP contribution in [0.3, 0.4) is 0 Å². The van der Waals surface area contributed by atoms with Gasteiger partial charge in [0.25, 0.3) is 11.8 Å². The fraction of sp³-hybridized carbons (Fsp3) is 0.217. The van der Waals surface area contributed by atoms with Gasteiger partial charge in [0.15, 0.2) is 0 Å². The van der Waals surface area contributed by atoms with Crippen LogP contribution in [0.1, 0.15) is 20.7 Å². The molecule has 0 spiro atoms. The van der Waals surface area contributed by atoms with E-state index in [0.717, 1.165) is 28.8 Å². The number of hydrogen-bond donors (Lipinski definition) is 1. The number of benzene rings is 3. The third-order valence-corrected chi connectivity index (χ3v) is 5.99. The lowest BCUT2D eigenvalue weighted by Crippen LogP contribution is -2.44. The zero-order valence-corrected chi connectivity index (χ0v) is 17.0. The first-order valence-electron chi connectivity index (χ1n) is 9.54. The van der Waals surface area contributed by atoms with Crippen molar-refractivity contribution in [2.75, 3.05) is 32.5 Å². The monoisotopic (exact) mass is 406 g/mol. The van der Waals surface area contributed by atoms with Crippen molar-refractivity contribution in [2.45, 2.75) is 4.90 Å². The Morgan fingerprint density at radius 1 is 0.897 bits per heavy atom. The molecule has 5 nitrogen and oxygen atoms in total. The highest BCUT2D eigenvalue weighted by atomic mass is 32.2. The maximum Gasteiger partial charge on any atom is 0.261 e. The van der Waals surface area contributed by atoms with Crippen molar-refractivity contribution in [3.8, 4) is 5.75 Å². The highest BCUT2D eigenvalue weighted by Crippen LogP contribution is 2.29. The number of ether oxygens (including phenoxy) is 1. The van der Waals surface area contributed by atoms with Gasteiger partial charge in [0.2, 0.25) is 0 Å². The number of carbonyl (C=O) groups is 2. The largest absolute Gasteiger partial charge is 0.497 e. The minimum atomic E-state index is -0.214. The average Bonchev–Trinajstić information content (AvgIpc) is 2.76. The molecule has 0 saturated heterocycles. The number of nitrogens with zero attached hydrogens (tertiary/aromatic N) is 1. The fourth-order valence-corrected chi connectivity index (χ4v) is 4.32. The van der Waals surface area contributed by atoms with Gasteiger partial charge in [0.1, 0.15) is 5.75 Å². The standard InChI is InChI=1S/C23H22N2O3S/c1-28-17-8-10-18(11-9-17)29-15-13-24-12-14-25-22(26)19-6-2-4-16-5-3-7-20(21(16)19)23(25)27/h2-11,24H,12-15H2,1H3. The van der Waals surface area contributed by atoms with Gasteiger partial charge in [-0.1, -0.05) is 24.3 Å². The molecule has 0 aliphatic carbocycles. The molecule has 1 aliphatic rings. The number of nitrogens with one attached hydrogen (secondary N) is 1. The molecule has 0 aromatic heterocycles. The number of amides is 2. The van der Waals surface area contributed by atoms with Gasteiger partial charge in [-0.05, 0) is 41.8 Å². The second kappa shape index (κ2) is 8.68. The molecule has 0 saturated carbocycles. The lowest BCUT2D eigenvalue weighted by atomic mass is 9.94. The van der Waals surface area contributed by atoms with Crippen LogP contribution in [0.5, 0.6) is 5.75 Å². The summed E-state index contributed by atoms with van der Waals surface area (Å²) in [7, 11) is 1.66. The summed E-state index contributed by atoms with van der Waals surface area (Å²) in [6.45, 7) is 1.72. The SMILES string of the molecule is COc1ccc(SCCNCCN2C(=O)c3cccc4cccc(c34)C2=O)cc1. The zero-order valence-electron chi connectivity index (χ0n) is 16.2. The van der Waals surface area contributed by atoms with Gasteiger partial charge >= 0.3 is 0 Å². The fourth-order valence-electron chi connectivity index (χ4n) is 3.51. The van der Waals surface area contributed by atoms with Crippen molar-refractivity contribution >= 4 is 34.3 Å². The smallest absolute Gasteiger partial charge is 0.261 e. The minimum absolute atomic E-state index is 0.214. The number of methoxy groups -OCH3 is 1. The topological polar surface area (TPSA) is 58.6 Å². The van der Waals surface area contributed by atoms with Gasteiger partial charge in [-0.3, -0.25) is 14.5 Å². The molecule has 6 heteroatoms. The third kappa shape index (κ3) is 3.99. The van der Waals surface area contributed by atoms with Crippen LogP contribution in [0.4, 0.5) is 0 Å². The van der Waals surface area contributed by atoms with E-state index in [1.807, 2.05) is 48.5 Å². The molecule has 3 aromatic carbocycles. The molecular formula is C23H22N2O3S. The van der Waals surface area contributed by atoms with Crippen molar-refractivity contribution in [1.82, 2.24) is 10.2 Å². The average molecular weight is 407 g/mol. The molecule has 0 atom stereocenters. The van der Waals surface area contributed by atoms with Gasteiger partial charge in [-0.2, -0.15) is 0 Å². The molecule has 4 rings (SSSR count). The van der Waals surface area contributed by atoms with E-state index in [9.17, 15) is 9.59 Å². The van der Waals surface area contributed by atoms with Crippen LogP contribution in [0.25, 0.3) is 10.8 Å². The van der Waals surface area contributed by atoms with Crippen LogP contribution >= 0.6 is 11.8 Å². The second-order valence-electron chi connectivity index (χ2n) is 6.75. The molecule has 29 heavy (non-hydrogen) atoms. The van der Waals surface area contributed by atoms with E-state index < -0.39 is 0 Å². The molecule has 0 fully saturated rings. The van der Waals surface area contributed by atoms with Crippen LogP contribution in [0.15, 0.2) is 65.6 Å². The van der Waals surface area contributed by atoms with Crippen LogP contribution in [0, 0.1) is 0 Å². The predicted octanol–water partition coefficient (Wildman–Crippen LogP) is 3.83. The normalized spacial score (nSPS) is 13.2. The molecule has 3 aromatic rings. The van der Waals surface area contributed by atoms with E-state index in [4.69, 9.17) is 4.74 Å². The van der Waals surface area contributed by atoms with Crippen molar-refractivity contribution in [3.63, 3.8) is 0 Å². The number of rotatable bonds is 8. The first-order valence-corrected chi connectivity index (χ1v) is 10.5. The third-order valence-electron chi connectivity index (χ3n) is 4.98. The van der Waals surface area contributed by atoms with E-state index in [0.29, 0.717) is 24.2 Å². The molecule has 0 unspecified atom stereocenters. The van der Waals surface area contributed by atoms with E-state index in [1.165, 1.54) is 9.80 Å². The molecule has 0 radical (unpaired) electrons. The molecule has 148 valence electrons. The van der Waals surface area contributed by atoms with Crippen LogP contribution in [-0.2, 0) is 0 Å². The Morgan fingerprint density at radius 3 is 2.17 bits per heavy atom. The van der Waals surface area contributed by atoms with Crippen molar-refractivity contribution in [1.29, 1.82) is 0 Å². The number of thioether (sulfide) groups is 1. The van der Waals surface area contributed by atoms with Crippen molar-refractivity contribution < 1.29 is 14.3 Å². The molecule has 1 N–H and O–H groups in total. The Balaban J connectivity index is 1.30. The van der Waals surface area contributed by atoms with Crippen LogP contribution < -0.4 is 10.1 Å². The highest BCUT2D eigenvalue weighted by Gasteiger charge is 2.31. The van der Waals surface area contributed by atoms with Crippen molar-refractivity contribution in [3.05, 3.63) is 71.8 Å². The van der Waals surface area contributed by atoms with E-state index in [2.05, 4.69) is 5.32 Å². The van der Waals surface area contributed by atoms with E-state index in [-0.39, 0.29) is 11.8 Å². The molecule has 1 heterocycles. The van der Waals surface area contributed by atoms with Crippen molar-refractivity contribution in [2.24, 2.45) is 0 Å². The maximum atomic E-state index is 12.8. The summed E-state index contributed by atoms with van der Waals surface area (Å²) in [5, 5.41) is 5.02. The summed E-state index contributed by atoms with van der Waals surface area (Å²) < 4.78 is 5.16. The van der Waals surface area contributed by atoms with E-state index in [1.54, 1.807) is 31.0 Å². The second-order valence-corrected chi connectivity index (χ2v) is 7.91. The number of hydrogen-bond acceptors (Lipinski definition) is 5. The lowest BCUT2D eigenvalue weighted by molar-refractivity contribution is 0.0612. The number of imide groups is 1. The Kier molecular flexibility index (Phi) is 5.83. The van der Waals surface area contributed by atoms with Gasteiger partial charge < -0.3 is 10.1 Å². The quantitative estimate of drug-likeness (QED) is 0.350. The maximum absolute atomic E-state index is 12.8. The first kappa shape index (κ1) is 19.5. The molecule has 0 bridgehead atoms. The Morgan fingerprint density at radius 2 is 1.55 bits per heavy atom. The van der Waals surface area contributed by atoms with Gasteiger partial charge in [0, 0.05) is 46.8 Å². The zero-order chi connectivity index (χ0) is 20.2. The molecular weight excluding hydrogens is 384 g/mol. The summed E-state index contributed by atoms with van der Waals surface area (Å²) in [5.74, 6) is 1.32. The first-order chi connectivity index (χ1) is 14.2. The molecule has 1 aliphatic heterocycles. The Labute approximate surface area is 174 Å². The Hall–Kier alpha value is -2.83. The highest BCUT2D eigenvalue weighted by molar-refractivity contribution is 7.99. The summed E-state index contributed by atoms with van der Waals surface area (Å²) in [6.07, 6.45) is 0. The predicted molar refractivity (Wildman–Crippen MR) is 116 cm³/mol. The van der Waals surface area contributed by atoms with E-state index >= 15 is 0 Å². The lowest BCUT2D eigenvalue weighted by Gasteiger charge is -2.27.